The molecule has 3 rings (SSSR count). The summed E-state index contributed by atoms with van der Waals surface area (Å²) in [6, 6.07) is 17.9. The maximum absolute atomic E-state index is 10.2. The first-order valence-corrected chi connectivity index (χ1v) is 9.59. The van der Waals surface area contributed by atoms with E-state index in [0.29, 0.717) is 19.8 Å². The second-order valence-corrected chi connectivity index (χ2v) is 6.88. The summed E-state index contributed by atoms with van der Waals surface area (Å²) in [5, 5.41) is 10.2. The SMILES string of the molecule is OC(COc1ccc(OCCc2ccccc2)cc1)CN1CCCCC1. The van der Waals surface area contributed by atoms with Crippen LogP contribution in [0, 0.1) is 0 Å². The van der Waals surface area contributed by atoms with Gasteiger partial charge in [-0.1, -0.05) is 36.8 Å². The topological polar surface area (TPSA) is 41.9 Å². The van der Waals surface area contributed by atoms with E-state index in [-0.39, 0.29) is 0 Å². The Bertz CT molecular complexity index is 624. The zero-order valence-electron chi connectivity index (χ0n) is 15.3. The molecule has 0 radical (unpaired) electrons. The van der Waals surface area contributed by atoms with Crippen molar-refractivity contribution in [3.05, 3.63) is 60.2 Å². The first-order chi connectivity index (χ1) is 12.8. The van der Waals surface area contributed by atoms with E-state index in [0.717, 1.165) is 31.0 Å². The Labute approximate surface area is 156 Å². The Morgan fingerprint density at radius 3 is 2.19 bits per heavy atom. The van der Waals surface area contributed by atoms with E-state index in [1.807, 2.05) is 42.5 Å². The maximum Gasteiger partial charge on any atom is 0.119 e. The van der Waals surface area contributed by atoms with E-state index in [2.05, 4.69) is 17.0 Å². The number of rotatable bonds is 9. The van der Waals surface area contributed by atoms with E-state index >= 15 is 0 Å². The van der Waals surface area contributed by atoms with Crippen LogP contribution in [-0.2, 0) is 6.42 Å². The van der Waals surface area contributed by atoms with Gasteiger partial charge in [-0.05, 0) is 55.8 Å². The molecule has 2 aromatic carbocycles. The fourth-order valence-electron chi connectivity index (χ4n) is 3.25. The number of ether oxygens (including phenoxy) is 2. The van der Waals surface area contributed by atoms with Crippen LogP contribution in [0.25, 0.3) is 0 Å². The third-order valence-corrected chi connectivity index (χ3v) is 4.69. The molecule has 0 spiro atoms. The van der Waals surface area contributed by atoms with Gasteiger partial charge >= 0.3 is 0 Å². The van der Waals surface area contributed by atoms with Crippen LogP contribution in [-0.4, -0.2) is 49.0 Å². The Balaban J connectivity index is 1.35. The summed E-state index contributed by atoms with van der Waals surface area (Å²) in [6.45, 7) is 3.85. The molecule has 2 aromatic rings. The molecule has 1 heterocycles. The molecule has 140 valence electrons. The lowest BCUT2D eigenvalue weighted by molar-refractivity contribution is 0.0617. The van der Waals surface area contributed by atoms with Crippen molar-refractivity contribution in [2.45, 2.75) is 31.8 Å². The molecule has 1 N–H and O–H groups in total. The molecule has 0 saturated carbocycles. The average Bonchev–Trinajstić information content (AvgIpc) is 2.69. The van der Waals surface area contributed by atoms with Gasteiger partial charge in [-0.25, -0.2) is 0 Å². The lowest BCUT2D eigenvalue weighted by atomic mass is 10.1. The van der Waals surface area contributed by atoms with Crippen molar-refractivity contribution in [2.24, 2.45) is 0 Å². The van der Waals surface area contributed by atoms with Gasteiger partial charge in [-0.2, -0.15) is 0 Å². The number of benzene rings is 2. The fourth-order valence-corrected chi connectivity index (χ4v) is 3.25. The van der Waals surface area contributed by atoms with Gasteiger partial charge in [-0.15, -0.1) is 0 Å². The molecular formula is C22H29NO3. The Hall–Kier alpha value is -2.04. The van der Waals surface area contributed by atoms with E-state index in [9.17, 15) is 5.11 Å². The number of hydrogen-bond acceptors (Lipinski definition) is 4. The highest BCUT2D eigenvalue weighted by Crippen LogP contribution is 2.18. The van der Waals surface area contributed by atoms with E-state index in [1.54, 1.807) is 0 Å². The minimum absolute atomic E-state index is 0.324. The van der Waals surface area contributed by atoms with Crippen molar-refractivity contribution >= 4 is 0 Å². The van der Waals surface area contributed by atoms with Crippen LogP contribution in [0.1, 0.15) is 24.8 Å². The largest absolute Gasteiger partial charge is 0.493 e. The highest BCUT2D eigenvalue weighted by Gasteiger charge is 2.15. The van der Waals surface area contributed by atoms with E-state index in [4.69, 9.17) is 9.47 Å². The van der Waals surface area contributed by atoms with Crippen molar-refractivity contribution in [3.8, 4) is 11.5 Å². The quantitative estimate of drug-likeness (QED) is 0.747. The van der Waals surface area contributed by atoms with Crippen molar-refractivity contribution in [1.29, 1.82) is 0 Å². The van der Waals surface area contributed by atoms with Gasteiger partial charge < -0.3 is 19.5 Å². The second-order valence-electron chi connectivity index (χ2n) is 6.88. The van der Waals surface area contributed by atoms with Gasteiger partial charge in [0.05, 0.1) is 6.61 Å². The van der Waals surface area contributed by atoms with Gasteiger partial charge in [0.15, 0.2) is 0 Å². The number of piperidine rings is 1. The zero-order valence-corrected chi connectivity index (χ0v) is 15.3. The molecule has 1 saturated heterocycles. The molecule has 0 amide bonds. The maximum atomic E-state index is 10.2. The summed E-state index contributed by atoms with van der Waals surface area (Å²) >= 11 is 0. The Kier molecular flexibility index (Phi) is 7.35. The Morgan fingerprint density at radius 1 is 0.846 bits per heavy atom. The summed E-state index contributed by atoms with van der Waals surface area (Å²) in [4.78, 5) is 2.32. The molecule has 1 atom stereocenters. The molecule has 0 aromatic heterocycles. The summed E-state index contributed by atoms with van der Waals surface area (Å²) in [7, 11) is 0. The molecule has 0 aliphatic carbocycles. The number of β-amino-alcohol motifs (C(OH)–C–C–N with tert-alkyl or cyclic N) is 1. The summed E-state index contributed by atoms with van der Waals surface area (Å²) in [6.07, 6.45) is 4.22. The predicted octanol–water partition coefficient (Wildman–Crippen LogP) is 3.53. The summed E-state index contributed by atoms with van der Waals surface area (Å²) in [5.74, 6) is 1.60. The van der Waals surface area contributed by atoms with Crippen LogP contribution < -0.4 is 9.47 Å². The van der Waals surface area contributed by atoms with Crippen LogP contribution in [0.2, 0.25) is 0 Å². The summed E-state index contributed by atoms with van der Waals surface area (Å²) in [5.41, 5.74) is 1.27. The van der Waals surface area contributed by atoms with Gasteiger partial charge in [0.1, 0.15) is 24.2 Å². The number of aliphatic hydroxyl groups excluding tert-OH is 1. The van der Waals surface area contributed by atoms with Crippen LogP contribution >= 0.6 is 0 Å². The molecule has 1 fully saturated rings. The third-order valence-electron chi connectivity index (χ3n) is 4.69. The normalized spacial score (nSPS) is 16.2. The lowest BCUT2D eigenvalue weighted by Crippen LogP contribution is -2.38. The molecule has 26 heavy (non-hydrogen) atoms. The standard InChI is InChI=1S/C22H29NO3/c24-20(17-23-14-5-2-6-15-23)18-26-22-11-9-21(10-12-22)25-16-13-19-7-3-1-4-8-19/h1,3-4,7-12,20,24H,2,5-6,13-18H2. The molecule has 1 unspecified atom stereocenters. The highest BCUT2D eigenvalue weighted by atomic mass is 16.5. The molecule has 0 bridgehead atoms. The number of nitrogens with zero attached hydrogens (tertiary/aromatic N) is 1. The van der Waals surface area contributed by atoms with Crippen molar-refractivity contribution in [2.75, 3.05) is 32.8 Å². The molecule has 4 heteroatoms. The average molecular weight is 355 g/mol. The first kappa shape index (κ1) is 18.7. The first-order valence-electron chi connectivity index (χ1n) is 9.59. The molecule has 1 aliphatic rings. The van der Waals surface area contributed by atoms with Crippen molar-refractivity contribution < 1.29 is 14.6 Å². The minimum atomic E-state index is -0.449. The predicted molar refractivity (Wildman–Crippen MR) is 104 cm³/mol. The van der Waals surface area contributed by atoms with Gasteiger partial charge in [-0.3, -0.25) is 0 Å². The van der Waals surface area contributed by atoms with Crippen molar-refractivity contribution in [3.63, 3.8) is 0 Å². The van der Waals surface area contributed by atoms with Gasteiger partial charge in [0.25, 0.3) is 0 Å². The number of aliphatic hydroxyl groups is 1. The van der Waals surface area contributed by atoms with Crippen molar-refractivity contribution in [1.82, 2.24) is 4.90 Å². The monoisotopic (exact) mass is 355 g/mol. The third kappa shape index (κ3) is 6.36. The molecular weight excluding hydrogens is 326 g/mol. The zero-order chi connectivity index (χ0) is 18.0. The fraction of sp³-hybridized carbons (Fsp3) is 0.455. The van der Waals surface area contributed by atoms with Crippen LogP contribution in [0.4, 0.5) is 0 Å². The van der Waals surface area contributed by atoms with E-state index in [1.165, 1.54) is 24.8 Å². The highest BCUT2D eigenvalue weighted by molar-refractivity contribution is 5.31. The minimum Gasteiger partial charge on any atom is -0.493 e. The molecule has 4 nitrogen and oxygen atoms in total. The Morgan fingerprint density at radius 2 is 1.50 bits per heavy atom. The van der Waals surface area contributed by atoms with Gasteiger partial charge in [0, 0.05) is 13.0 Å². The van der Waals surface area contributed by atoms with E-state index < -0.39 is 6.10 Å². The molecule has 1 aliphatic heterocycles. The van der Waals surface area contributed by atoms with Gasteiger partial charge in [0.2, 0.25) is 0 Å². The number of likely N-dealkylation sites (tertiary alicyclic amines) is 1. The smallest absolute Gasteiger partial charge is 0.119 e. The van der Waals surface area contributed by atoms with Crippen LogP contribution in [0.3, 0.4) is 0 Å². The lowest BCUT2D eigenvalue weighted by Gasteiger charge is -2.28. The second kappa shape index (κ2) is 10.2. The van der Waals surface area contributed by atoms with Crippen LogP contribution in [0.15, 0.2) is 54.6 Å². The summed E-state index contributed by atoms with van der Waals surface area (Å²) < 4.78 is 11.5. The van der Waals surface area contributed by atoms with Crippen LogP contribution in [0.5, 0.6) is 11.5 Å². The number of hydrogen-bond donors (Lipinski definition) is 1.